The normalized spacial score (nSPS) is 31.0. The lowest BCUT2D eigenvalue weighted by molar-refractivity contribution is -0.249. The van der Waals surface area contributed by atoms with Crippen molar-refractivity contribution in [1.82, 2.24) is 10.2 Å². The van der Waals surface area contributed by atoms with Gasteiger partial charge in [-0.15, -0.1) is 11.8 Å². The molecule has 8 heteroatoms. The number of rotatable bonds is 3. The van der Waals surface area contributed by atoms with Gasteiger partial charge in [0.1, 0.15) is 17.1 Å². The van der Waals surface area contributed by atoms with Gasteiger partial charge in [-0.3, -0.25) is 14.5 Å². The predicted octanol–water partition coefficient (Wildman–Crippen LogP) is 1.73. The molecule has 29 heavy (non-hydrogen) atoms. The lowest BCUT2D eigenvalue weighted by Gasteiger charge is -2.52. The molecule has 2 amide bonds. The second-order valence-electron chi connectivity index (χ2n) is 7.85. The number of amides is 2. The van der Waals surface area contributed by atoms with Crippen molar-refractivity contribution in [2.45, 2.75) is 49.3 Å². The van der Waals surface area contributed by atoms with E-state index in [9.17, 15) is 14.4 Å². The van der Waals surface area contributed by atoms with Crippen LogP contribution in [0, 0.1) is 0 Å². The Morgan fingerprint density at radius 2 is 2.07 bits per heavy atom. The fourth-order valence-corrected chi connectivity index (χ4v) is 5.78. The summed E-state index contributed by atoms with van der Waals surface area (Å²) in [6, 6.07) is 8.79. The van der Waals surface area contributed by atoms with Gasteiger partial charge in [-0.2, -0.15) is 0 Å². The van der Waals surface area contributed by atoms with Crippen LogP contribution in [0.15, 0.2) is 41.6 Å². The van der Waals surface area contributed by atoms with Crippen molar-refractivity contribution in [3.63, 3.8) is 0 Å². The first-order valence-corrected chi connectivity index (χ1v) is 11.0. The fourth-order valence-electron chi connectivity index (χ4n) is 4.44. The molecule has 7 nitrogen and oxygen atoms in total. The lowest BCUT2D eigenvalue weighted by Crippen LogP contribution is -2.71. The number of fused-ring (bicyclic) bond motifs is 2. The smallest absolute Gasteiger partial charge is 0.357 e. The summed E-state index contributed by atoms with van der Waals surface area (Å²) < 4.78 is 11.5. The molecule has 2 fully saturated rings. The van der Waals surface area contributed by atoms with Gasteiger partial charge in [-0.1, -0.05) is 30.3 Å². The molecule has 3 atom stereocenters. The summed E-state index contributed by atoms with van der Waals surface area (Å²) in [5, 5.41) is 2.56. The first kappa shape index (κ1) is 18.7. The zero-order valence-corrected chi connectivity index (χ0v) is 16.7. The molecule has 152 valence electrons. The van der Waals surface area contributed by atoms with E-state index >= 15 is 0 Å². The minimum Gasteiger partial charge on any atom is -0.428 e. The zero-order chi connectivity index (χ0) is 20.0. The molecular weight excluding hydrogens is 392 g/mol. The maximum absolute atomic E-state index is 12.8. The number of hydrogen-bond donors (Lipinski definition) is 1. The third-order valence-electron chi connectivity index (χ3n) is 5.84. The highest BCUT2D eigenvalue weighted by Crippen LogP contribution is 2.47. The van der Waals surface area contributed by atoms with Crippen LogP contribution in [0.5, 0.6) is 0 Å². The number of benzene rings is 1. The van der Waals surface area contributed by atoms with Crippen LogP contribution in [-0.4, -0.2) is 52.2 Å². The van der Waals surface area contributed by atoms with E-state index in [1.165, 1.54) is 4.90 Å². The zero-order valence-electron chi connectivity index (χ0n) is 15.9. The van der Waals surface area contributed by atoms with E-state index in [1.54, 1.807) is 11.8 Å². The highest BCUT2D eigenvalue weighted by Gasteiger charge is 2.57. The summed E-state index contributed by atoms with van der Waals surface area (Å²) in [6.45, 7) is 0.587. The van der Waals surface area contributed by atoms with Gasteiger partial charge in [0.05, 0.1) is 13.0 Å². The molecule has 2 saturated heterocycles. The number of ether oxygens (including phenoxy) is 2. The number of hydrogen-bond acceptors (Lipinski definition) is 6. The van der Waals surface area contributed by atoms with Crippen molar-refractivity contribution in [2.75, 3.05) is 12.4 Å². The van der Waals surface area contributed by atoms with Crippen molar-refractivity contribution >= 4 is 29.5 Å². The SMILES string of the molecule is O=C(Cc1ccccc1)N[C@@H]1C(=O)N2C3=C(CS[C@H]12)CC1(CCCCO1)OC3=O. The van der Waals surface area contributed by atoms with Gasteiger partial charge in [0.25, 0.3) is 5.91 Å². The van der Waals surface area contributed by atoms with Crippen LogP contribution in [0.3, 0.4) is 0 Å². The summed E-state index contributed by atoms with van der Waals surface area (Å²) in [4.78, 5) is 39.4. The van der Waals surface area contributed by atoms with E-state index in [0.717, 1.165) is 24.0 Å². The molecule has 4 heterocycles. The molecule has 0 radical (unpaired) electrons. The average molecular weight is 414 g/mol. The Balaban J connectivity index is 1.29. The van der Waals surface area contributed by atoms with Crippen LogP contribution in [-0.2, 0) is 30.3 Å². The van der Waals surface area contributed by atoms with Gasteiger partial charge >= 0.3 is 5.97 Å². The summed E-state index contributed by atoms with van der Waals surface area (Å²) in [5.74, 6) is -1.17. The van der Waals surface area contributed by atoms with E-state index in [2.05, 4.69) is 5.32 Å². The number of thioether (sulfide) groups is 1. The molecule has 4 aliphatic rings. The van der Waals surface area contributed by atoms with Gasteiger partial charge in [0.15, 0.2) is 0 Å². The van der Waals surface area contributed by atoms with Crippen molar-refractivity contribution in [3.8, 4) is 0 Å². The van der Waals surface area contributed by atoms with E-state index in [0.29, 0.717) is 30.9 Å². The number of carbonyl (C=O) groups excluding carboxylic acids is 3. The first-order chi connectivity index (χ1) is 14.1. The van der Waals surface area contributed by atoms with Crippen molar-refractivity contribution < 1.29 is 23.9 Å². The highest BCUT2D eigenvalue weighted by molar-refractivity contribution is 8.00. The molecule has 1 N–H and O–H groups in total. The van der Waals surface area contributed by atoms with Crippen molar-refractivity contribution in [2.24, 2.45) is 0 Å². The molecule has 0 aliphatic carbocycles. The van der Waals surface area contributed by atoms with Gasteiger partial charge < -0.3 is 14.8 Å². The fraction of sp³-hybridized carbons (Fsp3) is 0.476. The van der Waals surface area contributed by atoms with E-state index < -0.39 is 17.8 Å². The molecule has 0 saturated carbocycles. The quantitative estimate of drug-likeness (QED) is 0.599. The molecule has 1 unspecified atom stereocenters. The maximum atomic E-state index is 12.8. The van der Waals surface area contributed by atoms with Crippen molar-refractivity contribution in [3.05, 3.63) is 47.2 Å². The van der Waals surface area contributed by atoms with Crippen molar-refractivity contribution in [1.29, 1.82) is 0 Å². The molecule has 1 aromatic carbocycles. The number of esters is 1. The number of β-lactam (4-membered cyclic amide) rings is 1. The molecule has 1 spiro atoms. The molecule has 5 rings (SSSR count). The van der Waals surface area contributed by atoms with Gasteiger partial charge in [-0.25, -0.2) is 4.79 Å². The van der Waals surface area contributed by atoms with Gasteiger partial charge in [-0.05, 0) is 24.0 Å². The third-order valence-corrected chi connectivity index (χ3v) is 7.18. The number of carbonyl (C=O) groups is 3. The van der Waals surface area contributed by atoms with Gasteiger partial charge in [0.2, 0.25) is 11.7 Å². The largest absolute Gasteiger partial charge is 0.428 e. The molecule has 0 aromatic heterocycles. The topological polar surface area (TPSA) is 84.9 Å². The molecule has 4 aliphatic heterocycles. The van der Waals surface area contributed by atoms with E-state index in [1.807, 2.05) is 30.3 Å². The number of nitrogens with one attached hydrogen (secondary N) is 1. The van der Waals surface area contributed by atoms with Crippen LogP contribution in [0.1, 0.15) is 31.2 Å². The van der Waals surface area contributed by atoms with Crippen LogP contribution in [0.4, 0.5) is 0 Å². The second kappa shape index (κ2) is 7.18. The first-order valence-electron chi connectivity index (χ1n) is 9.94. The molecular formula is C21H22N2O5S. The van der Waals surface area contributed by atoms with Crippen LogP contribution >= 0.6 is 11.8 Å². The van der Waals surface area contributed by atoms with Crippen LogP contribution in [0.25, 0.3) is 0 Å². The summed E-state index contributed by atoms with van der Waals surface area (Å²) in [7, 11) is 0. The highest BCUT2D eigenvalue weighted by atomic mass is 32.2. The Labute approximate surface area is 172 Å². The Kier molecular flexibility index (Phi) is 4.63. The lowest BCUT2D eigenvalue weighted by atomic mass is 9.92. The minimum absolute atomic E-state index is 0.199. The Bertz CT molecular complexity index is 894. The Hall–Kier alpha value is -2.32. The Morgan fingerprint density at radius 1 is 1.24 bits per heavy atom. The van der Waals surface area contributed by atoms with Gasteiger partial charge in [0, 0.05) is 18.6 Å². The number of nitrogens with zero attached hydrogens (tertiary/aromatic N) is 1. The maximum Gasteiger partial charge on any atom is 0.357 e. The average Bonchev–Trinajstić information content (AvgIpc) is 2.72. The third kappa shape index (κ3) is 3.24. The predicted molar refractivity (Wildman–Crippen MR) is 105 cm³/mol. The standard InChI is InChI=1S/C21H22N2O5S/c24-15(10-13-6-2-1-3-7-13)22-16-18(25)23-17-14(12-29-19(16)23)11-21(28-20(17)26)8-4-5-9-27-21/h1-3,6-7,16,19H,4-5,8-12H2,(H,22,24)/t16-,19-,21?/m1/s1. The summed E-state index contributed by atoms with van der Waals surface area (Å²) in [5.41, 5.74) is 2.16. The van der Waals surface area contributed by atoms with Crippen LogP contribution < -0.4 is 5.32 Å². The molecule has 0 bridgehead atoms. The van der Waals surface area contributed by atoms with E-state index in [-0.39, 0.29) is 23.6 Å². The summed E-state index contributed by atoms with van der Waals surface area (Å²) >= 11 is 1.58. The minimum atomic E-state index is -0.862. The van der Waals surface area contributed by atoms with E-state index in [4.69, 9.17) is 9.47 Å². The monoisotopic (exact) mass is 414 g/mol. The molecule has 1 aromatic rings. The summed E-state index contributed by atoms with van der Waals surface area (Å²) in [6.07, 6.45) is 3.36. The van der Waals surface area contributed by atoms with Crippen LogP contribution in [0.2, 0.25) is 0 Å². The second-order valence-corrected chi connectivity index (χ2v) is 8.96. The Morgan fingerprint density at radius 3 is 2.83 bits per heavy atom.